The first-order chi connectivity index (χ1) is 9.72. The van der Waals surface area contributed by atoms with E-state index in [1.807, 2.05) is 0 Å². The van der Waals surface area contributed by atoms with Gasteiger partial charge in [0.2, 0.25) is 0 Å². The molecular formula is C16H22N4. The van der Waals surface area contributed by atoms with Crippen LogP contribution in [0.3, 0.4) is 0 Å². The van der Waals surface area contributed by atoms with Gasteiger partial charge in [0, 0.05) is 49.5 Å². The Balaban J connectivity index is 1.83. The van der Waals surface area contributed by atoms with Crippen LogP contribution in [-0.4, -0.2) is 25.8 Å². The molecule has 2 aromatic heterocycles. The zero-order valence-electron chi connectivity index (χ0n) is 12.3. The van der Waals surface area contributed by atoms with Gasteiger partial charge in [-0.05, 0) is 25.5 Å². The summed E-state index contributed by atoms with van der Waals surface area (Å²) in [6.07, 6.45) is 7.16. The lowest BCUT2D eigenvalue weighted by atomic mass is 10.1. The molecule has 0 saturated carbocycles. The van der Waals surface area contributed by atoms with Gasteiger partial charge in [0.1, 0.15) is 0 Å². The lowest BCUT2D eigenvalue weighted by Crippen LogP contribution is -2.37. The van der Waals surface area contributed by atoms with Gasteiger partial charge in [0.15, 0.2) is 0 Å². The summed E-state index contributed by atoms with van der Waals surface area (Å²) in [6, 6.07) is 4.91. The Morgan fingerprint density at radius 2 is 2.30 bits per heavy atom. The van der Waals surface area contributed by atoms with Gasteiger partial charge in [0.05, 0.1) is 11.7 Å². The van der Waals surface area contributed by atoms with E-state index in [-0.39, 0.29) is 0 Å². The zero-order valence-corrected chi connectivity index (χ0v) is 12.3. The van der Waals surface area contributed by atoms with E-state index in [0.29, 0.717) is 6.04 Å². The lowest BCUT2D eigenvalue weighted by Gasteiger charge is -2.36. The van der Waals surface area contributed by atoms with E-state index in [4.69, 9.17) is 0 Å². The normalized spacial score (nSPS) is 19.0. The molecule has 1 atom stereocenters. The van der Waals surface area contributed by atoms with Crippen molar-refractivity contribution in [2.45, 2.75) is 39.4 Å². The molecular weight excluding hydrogens is 248 g/mol. The van der Waals surface area contributed by atoms with Crippen LogP contribution in [-0.2, 0) is 13.1 Å². The monoisotopic (exact) mass is 270 g/mol. The Kier molecular flexibility index (Phi) is 3.49. The van der Waals surface area contributed by atoms with Gasteiger partial charge in [-0.1, -0.05) is 13.5 Å². The summed E-state index contributed by atoms with van der Waals surface area (Å²) in [5.41, 5.74) is 3.83. The molecule has 0 fully saturated rings. The van der Waals surface area contributed by atoms with E-state index >= 15 is 0 Å². The molecule has 4 heteroatoms. The molecule has 0 unspecified atom stereocenters. The van der Waals surface area contributed by atoms with Crippen LogP contribution in [0.15, 0.2) is 31.1 Å². The molecule has 1 aliphatic rings. The molecule has 0 bridgehead atoms. The molecule has 3 rings (SSSR count). The maximum absolute atomic E-state index is 4.45. The van der Waals surface area contributed by atoms with Gasteiger partial charge >= 0.3 is 0 Å². The summed E-state index contributed by atoms with van der Waals surface area (Å²) < 4.78 is 4.18. The van der Waals surface area contributed by atoms with Crippen LogP contribution < -0.4 is 0 Å². The SMILES string of the molecule is C=Cn1cc(CN2CCn3cccc3[C@H]2CC)c(C)n1. The quantitative estimate of drug-likeness (QED) is 0.853. The van der Waals surface area contributed by atoms with Crippen LogP contribution in [0.4, 0.5) is 0 Å². The maximum Gasteiger partial charge on any atom is 0.0642 e. The van der Waals surface area contributed by atoms with Crippen LogP contribution in [0.1, 0.15) is 36.3 Å². The van der Waals surface area contributed by atoms with Gasteiger partial charge in [-0.15, -0.1) is 0 Å². The fourth-order valence-electron chi connectivity index (χ4n) is 3.16. The van der Waals surface area contributed by atoms with Crippen molar-refractivity contribution in [3.63, 3.8) is 0 Å². The third-order valence-corrected chi connectivity index (χ3v) is 4.24. The Bertz CT molecular complexity index is 608. The molecule has 0 aromatic carbocycles. The molecule has 20 heavy (non-hydrogen) atoms. The van der Waals surface area contributed by atoms with E-state index in [1.54, 1.807) is 10.9 Å². The van der Waals surface area contributed by atoms with Crippen molar-refractivity contribution < 1.29 is 0 Å². The van der Waals surface area contributed by atoms with Crippen LogP contribution in [0, 0.1) is 6.92 Å². The number of rotatable bonds is 4. The minimum absolute atomic E-state index is 0.505. The molecule has 106 valence electrons. The second-order valence-corrected chi connectivity index (χ2v) is 5.42. The minimum atomic E-state index is 0.505. The van der Waals surface area contributed by atoms with E-state index in [0.717, 1.165) is 31.7 Å². The van der Waals surface area contributed by atoms with Crippen molar-refractivity contribution in [3.8, 4) is 0 Å². The number of hydrogen-bond acceptors (Lipinski definition) is 2. The lowest BCUT2D eigenvalue weighted by molar-refractivity contribution is 0.144. The summed E-state index contributed by atoms with van der Waals surface area (Å²) >= 11 is 0. The van der Waals surface area contributed by atoms with Crippen molar-refractivity contribution in [2.75, 3.05) is 6.54 Å². The Morgan fingerprint density at radius 3 is 3.00 bits per heavy atom. The number of fused-ring (bicyclic) bond motifs is 1. The highest BCUT2D eigenvalue weighted by Crippen LogP contribution is 2.30. The van der Waals surface area contributed by atoms with E-state index < -0.39 is 0 Å². The molecule has 0 radical (unpaired) electrons. The predicted octanol–water partition coefficient (Wildman–Crippen LogP) is 3.06. The van der Waals surface area contributed by atoms with E-state index in [9.17, 15) is 0 Å². The fraction of sp³-hybridized carbons (Fsp3) is 0.438. The highest BCUT2D eigenvalue weighted by molar-refractivity contribution is 5.24. The van der Waals surface area contributed by atoms with Crippen LogP contribution >= 0.6 is 0 Å². The Labute approximate surface area is 120 Å². The van der Waals surface area contributed by atoms with Crippen molar-refractivity contribution in [3.05, 3.63) is 48.1 Å². The standard InChI is InChI=1S/C16H22N4/c1-4-15-16-7-6-8-18(16)9-10-19(15)11-14-12-20(5-2)17-13(14)3/h5-8,12,15H,2,4,9-11H2,1,3H3/t15-/m1/s1. The van der Waals surface area contributed by atoms with Crippen molar-refractivity contribution in [1.29, 1.82) is 0 Å². The minimum Gasteiger partial charge on any atom is -0.349 e. The summed E-state index contributed by atoms with van der Waals surface area (Å²) in [4.78, 5) is 2.56. The Morgan fingerprint density at radius 1 is 1.45 bits per heavy atom. The topological polar surface area (TPSA) is 26.0 Å². The number of nitrogens with zero attached hydrogens (tertiary/aromatic N) is 4. The molecule has 0 amide bonds. The summed E-state index contributed by atoms with van der Waals surface area (Å²) in [7, 11) is 0. The molecule has 0 N–H and O–H groups in total. The molecule has 2 aromatic rings. The highest BCUT2D eigenvalue weighted by atomic mass is 15.3. The first-order valence-electron chi connectivity index (χ1n) is 7.29. The van der Waals surface area contributed by atoms with Gasteiger partial charge < -0.3 is 4.57 Å². The number of aryl methyl sites for hydroxylation is 1. The van der Waals surface area contributed by atoms with E-state index in [2.05, 4.69) is 59.5 Å². The first kappa shape index (κ1) is 13.2. The third kappa shape index (κ3) is 2.20. The Hall–Kier alpha value is -1.81. The molecule has 4 nitrogen and oxygen atoms in total. The summed E-state index contributed by atoms with van der Waals surface area (Å²) in [5.74, 6) is 0. The van der Waals surface area contributed by atoms with Gasteiger partial charge in [-0.3, -0.25) is 4.90 Å². The fourth-order valence-corrected chi connectivity index (χ4v) is 3.16. The third-order valence-electron chi connectivity index (χ3n) is 4.24. The number of aromatic nitrogens is 3. The van der Waals surface area contributed by atoms with E-state index in [1.165, 1.54) is 11.3 Å². The molecule has 3 heterocycles. The van der Waals surface area contributed by atoms with Gasteiger partial charge in [-0.2, -0.15) is 5.10 Å². The van der Waals surface area contributed by atoms with Crippen LogP contribution in [0.2, 0.25) is 0 Å². The van der Waals surface area contributed by atoms with Gasteiger partial charge in [-0.25, -0.2) is 4.68 Å². The van der Waals surface area contributed by atoms with Crippen molar-refractivity contribution in [2.24, 2.45) is 0 Å². The summed E-state index contributed by atoms with van der Waals surface area (Å²) in [6.45, 7) is 11.2. The van der Waals surface area contributed by atoms with Crippen molar-refractivity contribution in [1.82, 2.24) is 19.2 Å². The molecule has 0 aliphatic carbocycles. The van der Waals surface area contributed by atoms with Crippen molar-refractivity contribution >= 4 is 6.20 Å². The smallest absolute Gasteiger partial charge is 0.0642 e. The summed E-state index contributed by atoms with van der Waals surface area (Å²) in [5, 5.41) is 4.45. The van der Waals surface area contributed by atoms with Gasteiger partial charge in [0.25, 0.3) is 0 Å². The second kappa shape index (κ2) is 5.29. The molecule has 0 spiro atoms. The number of hydrogen-bond donors (Lipinski definition) is 0. The van der Waals surface area contributed by atoms with Crippen LogP contribution in [0.25, 0.3) is 6.20 Å². The average molecular weight is 270 g/mol. The second-order valence-electron chi connectivity index (χ2n) is 5.42. The highest BCUT2D eigenvalue weighted by Gasteiger charge is 2.26. The first-order valence-corrected chi connectivity index (χ1v) is 7.29. The largest absolute Gasteiger partial charge is 0.349 e. The maximum atomic E-state index is 4.45. The molecule has 0 saturated heterocycles. The average Bonchev–Trinajstić information content (AvgIpc) is 3.05. The predicted molar refractivity (Wildman–Crippen MR) is 81.2 cm³/mol. The van der Waals surface area contributed by atoms with Crippen LogP contribution in [0.5, 0.6) is 0 Å². The molecule has 1 aliphatic heterocycles. The zero-order chi connectivity index (χ0) is 14.1.